The zero-order chi connectivity index (χ0) is 20.5. The maximum atomic E-state index is 10.7. The fraction of sp³-hybridized carbons (Fsp3) is 0.545. The Hall–Kier alpha value is -2.03. The Kier molecular flexibility index (Phi) is 5.71. The van der Waals surface area contributed by atoms with Crippen molar-refractivity contribution < 1.29 is 12.9 Å². The molecule has 2 heterocycles. The molecule has 0 saturated heterocycles. The van der Waals surface area contributed by atoms with Crippen molar-refractivity contribution in [3.05, 3.63) is 52.6 Å². The monoisotopic (exact) mass is 428 g/mol. The number of rotatable bonds is 5. The maximum Gasteiger partial charge on any atom is 0.301 e. The highest BCUT2D eigenvalue weighted by atomic mass is 32.2. The molecule has 3 unspecified atom stereocenters. The Bertz CT molecular complexity index is 973. The topological polar surface area (TPSA) is 99.6 Å². The summed E-state index contributed by atoms with van der Waals surface area (Å²) in [6.45, 7) is 1.09. The predicted molar refractivity (Wildman–Crippen MR) is 116 cm³/mol. The summed E-state index contributed by atoms with van der Waals surface area (Å²) < 4.78 is 24.4. The normalized spacial score (nSPS) is 26.6. The fourth-order valence-electron chi connectivity index (χ4n) is 5.18. The minimum Gasteiger partial charge on any atom is -0.366 e. The van der Waals surface area contributed by atoms with Gasteiger partial charge in [0.25, 0.3) is 0 Å². The van der Waals surface area contributed by atoms with E-state index in [1.165, 1.54) is 23.2 Å². The van der Waals surface area contributed by atoms with Gasteiger partial charge >= 0.3 is 11.4 Å². The Balaban J connectivity index is 1.31. The number of imidazole rings is 1. The molecule has 8 heteroatoms. The lowest BCUT2D eigenvalue weighted by atomic mass is 9.82. The van der Waals surface area contributed by atoms with Gasteiger partial charge in [0, 0.05) is 30.6 Å². The second kappa shape index (κ2) is 8.61. The first kappa shape index (κ1) is 19.9. The van der Waals surface area contributed by atoms with Gasteiger partial charge in [0.2, 0.25) is 0 Å². The highest BCUT2D eigenvalue weighted by Crippen LogP contribution is 2.36. The molecule has 1 aromatic heterocycles. The summed E-state index contributed by atoms with van der Waals surface area (Å²) in [6.07, 6.45) is 7.27. The molecule has 2 aromatic rings. The van der Waals surface area contributed by atoms with Crippen molar-refractivity contribution in [1.29, 1.82) is 0 Å². The van der Waals surface area contributed by atoms with E-state index in [-0.39, 0.29) is 0 Å². The number of amidine groups is 1. The number of hydrogen-bond acceptors (Lipinski definition) is 5. The lowest BCUT2D eigenvalue weighted by Crippen LogP contribution is -2.36. The zero-order valence-electron chi connectivity index (χ0n) is 17.0. The Labute approximate surface area is 179 Å². The molecule has 5 rings (SSSR count). The van der Waals surface area contributed by atoms with Crippen LogP contribution >= 0.6 is 0 Å². The number of hydrogen-bond donors (Lipinski definition) is 3. The first-order valence-electron chi connectivity index (χ1n) is 10.9. The first-order chi connectivity index (χ1) is 14.7. The van der Waals surface area contributed by atoms with Crippen LogP contribution < -0.4 is 5.32 Å². The van der Waals surface area contributed by atoms with Crippen molar-refractivity contribution in [2.75, 3.05) is 13.2 Å². The molecule has 2 aliphatic carbocycles. The number of benzene rings is 1. The lowest BCUT2D eigenvalue weighted by Gasteiger charge is -2.23. The molecule has 1 aromatic carbocycles. The van der Waals surface area contributed by atoms with Gasteiger partial charge in [-0.25, -0.2) is 4.98 Å². The van der Waals surface area contributed by atoms with E-state index >= 15 is 0 Å². The SMILES string of the molecule is O=S(O)OC[C@H]1CCC(NC2=NCCc3[nH]c(C4CCCc5ccccc54)nc32)C1. The molecule has 0 radical (unpaired) electrons. The standard InChI is InChI=1S/C22H28N4O3S/c27-30(28)29-13-14-8-9-16(12-14)24-22-20-19(10-11-23-22)25-21(26-20)18-7-3-5-15-4-1-2-6-17(15)18/h1-2,4,6,14,16,18H,3,5,7-13H2,(H,23,24)(H,25,26)(H,27,28)/t14-,16?,18?/m0/s1. The molecule has 1 saturated carbocycles. The summed E-state index contributed by atoms with van der Waals surface area (Å²) in [5.41, 5.74) is 4.99. The average molecular weight is 429 g/mol. The average Bonchev–Trinajstić information content (AvgIpc) is 3.39. The summed E-state index contributed by atoms with van der Waals surface area (Å²) in [5.74, 6) is 2.58. The molecule has 0 spiro atoms. The number of H-pyrrole nitrogens is 1. The van der Waals surface area contributed by atoms with Crippen LogP contribution in [0.4, 0.5) is 0 Å². The largest absolute Gasteiger partial charge is 0.366 e. The number of aryl methyl sites for hydroxylation is 1. The second-order valence-electron chi connectivity index (χ2n) is 8.60. The molecule has 30 heavy (non-hydrogen) atoms. The van der Waals surface area contributed by atoms with Crippen LogP contribution in [0, 0.1) is 5.92 Å². The molecule has 3 N–H and O–H groups in total. The van der Waals surface area contributed by atoms with Crippen LogP contribution in [-0.2, 0) is 28.4 Å². The van der Waals surface area contributed by atoms with Crippen LogP contribution in [-0.4, -0.2) is 43.8 Å². The van der Waals surface area contributed by atoms with Gasteiger partial charge in [-0.3, -0.25) is 13.7 Å². The van der Waals surface area contributed by atoms with Gasteiger partial charge in [0.1, 0.15) is 17.4 Å². The second-order valence-corrected chi connectivity index (χ2v) is 9.27. The van der Waals surface area contributed by atoms with E-state index in [0.29, 0.717) is 24.5 Å². The van der Waals surface area contributed by atoms with Crippen molar-refractivity contribution in [1.82, 2.24) is 15.3 Å². The predicted octanol–water partition coefficient (Wildman–Crippen LogP) is 3.09. The maximum absolute atomic E-state index is 10.7. The van der Waals surface area contributed by atoms with E-state index in [1.807, 2.05) is 0 Å². The zero-order valence-corrected chi connectivity index (χ0v) is 17.8. The Morgan fingerprint density at radius 3 is 3.03 bits per heavy atom. The Morgan fingerprint density at radius 2 is 2.13 bits per heavy atom. The van der Waals surface area contributed by atoms with Gasteiger partial charge in [-0.2, -0.15) is 4.21 Å². The molecule has 1 aliphatic heterocycles. The highest BCUT2D eigenvalue weighted by molar-refractivity contribution is 7.74. The summed E-state index contributed by atoms with van der Waals surface area (Å²) in [5, 5.41) is 3.60. The van der Waals surface area contributed by atoms with Gasteiger partial charge in [-0.05, 0) is 55.6 Å². The number of aromatic amines is 1. The van der Waals surface area contributed by atoms with E-state index in [0.717, 1.165) is 62.4 Å². The van der Waals surface area contributed by atoms with Crippen LogP contribution in [0.3, 0.4) is 0 Å². The Morgan fingerprint density at radius 1 is 1.23 bits per heavy atom. The third-order valence-electron chi connectivity index (χ3n) is 6.64. The molecule has 4 atom stereocenters. The first-order valence-corrected chi connectivity index (χ1v) is 11.9. The molecule has 1 fully saturated rings. The summed E-state index contributed by atoms with van der Waals surface area (Å²) in [4.78, 5) is 13.4. The van der Waals surface area contributed by atoms with Crippen molar-refractivity contribution in [3.8, 4) is 0 Å². The van der Waals surface area contributed by atoms with Crippen LogP contribution in [0.2, 0.25) is 0 Å². The van der Waals surface area contributed by atoms with Gasteiger partial charge in [-0.15, -0.1) is 0 Å². The smallest absolute Gasteiger partial charge is 0.301 e. The third-order valence-corrected chi connectivity index (χ3v) is 6.98. The fourth-order valence-corrected chi connectivity index (χ4v) is 5.49. The third kappa shape index (κ3) is 4.08. The van der Waals surface area contributed by atoms with E-state index in [1.54, 1.807) is 0 Å². The lowest BCUT2D eigenvalue weighted by molar-refractivity contribution is 0.248. The van der Waals surface area contributed by atoms with Crippen molar-refractivity contribution >= 4 is 17.2 Å². The van der Waals surface area contributed by atoms with Crippen molar-refractivity contribution in [3.63, 3.8) is 0 Å². The summed E-state index contributed by atoms with van der Waals surface area (Å²) in [7, 11) is 0. The molecular weight excluding hydrogens is 400 g/mol. The van der Waals surface area contributed by atoms with Crippen LogP contribution in [0.1, 0.15) is 66.4 Å². The van der Waals surface area contributed by atoms with E-state index < -0.39 is 11.4 Å². The van der Waals surface area contributed by atoms with Gasteiger partial charge < -0.3 is 10.3 Å². The summed E-state index contributed by atoms with van der Waals surface area (Å²) in [6, 6.07) is 9.03. The molecule has 0 bridgehead atoms. The number of fused-ring (bicyclic) bond motifs is 2. The number of nitrogens with zero attached hydrogens (tertiary/aromatic N) is 2. The molecule has 160 valence electrons. The molecule has 0 amide bonds. The van der Waals surface area contributed by atoms with Crippen LogP contribution in [0.25, 0.3) is 0 Å². The van der Waals surface area contributed by atoms with Crippen LogP contribution in [0.15, 0.2) is 29.3 Å². The van der Waals surface area contributed by atoms with E-state index in [4.69, 9.17) is 18.7 Å². The van der Waals surface area contributed by atoms with Crippen molar-refractivity contribution in [2.45, 2.75) is 56.9 Å². The van der Waals surface area contributed by atoms with E-state index in [2.05, 4.69) is 34.6 Å². The molecular formula is C22H28N4O3S. The molecule has 3 aliphatic rings. The van der Waals surface area contributed by atoms with E-state index in [9.17, 15) is 4.21 Å². The van der Waals surface area contributed by atoms with Crippen LogP contribution in [0.5, 0.6) is 0 Å². The quantitative estimate of drug-likeness (QED) is 0.636. The van der Waals surface area contributed by atoms with Gasteiger partial charge in [0.05, 0.1) is 6.61 Å². The van der Waals surface area contributed by atoms with Crippen molar-refractivity contribution in [2.24, 2.45) is 10.9 Å². The minimum atomic E-state index is -2.18. The minimum absolute atomic E-state index is 0.297. The number of nitrogens with one attached hydrogen (secondary N) is 2. The number of aliphatic imine (C=N–C) groups is 1. The number of aromatic nitrogens is 2. The highest BCUT2D eigenvalue weighted by Gasteiger charge is 2.30. The van der Waals surface area contributed by atoms with Gasteiger partial charge in [0.15, 0.2) is 0 Å². The molecule has 7 nitrogen and oxygen atoms in total. The van der Waals surface area contributed by atoms with Gasteiger partial charge in [-0.1, -0.05) is 24.3 Å². The summed E-state index contributed by atoms with van der Waals surface area (Å²) >= 11 is -2.18.